The Labute approximate surface area is 249 Å². The highest BCUT2D eigenvalue weighted by atomic mass is 35.5. The molecule has 0 spiro atoms. The second kappa shape index (κ2) is 13.7. The first-order valence-electron chi connectivity index (χ1n) is 12.7. The SMILES string of the molecule is COC(=O)Nc1ccc(-c2cnc(C(NC(=O)/C=C/c3cc(Cl)ccc3-n3cnnn3)C(O)C(C)O)[nH]2)c(NC(C)=O)c1. The number of nitrogens with zero attached hydrogens (tertiary/aromatic N) is 5. The molecule has 0 saturated heterocycles. The maximum atomic E-state index is 13.0. The maximum absolute atomic E-state index is 13.0. The minimum Gasteiger partial charge on any atom is -0.453 e. The summed E-state index contributed by atoms with van der Waals surface area (Å²) in [4.78, 5) is 43.9. The van der Waals surface area contributed by atoms with Crippen LogP contribution in [0.5, 0.6) is 0 Å². The number of ether oxygens (including phenoxy) is 1. The van der Waals surface area contributed by atoms with Crippen LogP contribution in [0.2, 0.25) is 5.02 Å². The van der Waals surface area contributed by atoms with Gasteiger partial charge in [-0.1, -0.05) is 11.6 Å². The fourth-order valence-corrected chi connectivity index (χ4v) is 4.23. The number of aromatic nitrogens is 6. The number of H-pyrrole nitrogens is 1. The molecule has 224 valence electrons. The highest BCUT2D eigenvalue weighted by Crippen LogP contribution is 2.31. The van der Waals surface area contributed by atoms with E-state index in [0.29, 0.717) is 38.9 Å². The van der Waals surface area contributed by atoms with Crippen molar-refractivity contribution in [2.75, 3.05) is 17.7 Å². The highest BCUT2D eigenvalue weighted by molar-refractivity contribution is 6.30. The number of methoxy groups -OCH3 is 1. The van der Waals surface area contributed by atoms with Crippen LogP contribution in [-0.2, 0) is 14.3 Å². The molecule has 0 fully saturated rings. The average Bonchev–Trinajstić information content (AvgIpc) is 3.67. The van der Waals surface area contributed by atoms with Gasteiger partial charge in [-0.3, -0.25) is 14.9 Å². The largest absolute Gasteiger partial charge is 0.453 e. The van der Waals surface area contributed by atoms with Gasteiger partial charge >= 0.3 is 6.09 Å². The van der Waals surface area contributed by atoms with Gasteiger partial charge in [-0.25, -0.2) is 9.78 Å². The zero-order chi connectivity index (χ0) is 31.1. The molecule has 0 radical (unpaired) electrons. The van der Waals surface area contributed by atoms with Gasteiger partial charge < -0.3 is 30.6 Å². The van der Waals surface area contributed by atoms with E-state index in [2.05, 4.69) is 46.2 Å². The van der Waals surface area contributed by atoms with Crippen LogP contribution in [0.1, 0.15) is 31.3 Å². The van der Waals surface area contributed by atoms with E-state index in [1.165, 1.54) is 56.4 Å². The Bertz CT molecular complexity index is 1640. The maximum Gasteiger partial charge on any atom is 0.411 e. The van der Waals surface area contributed by atoms with Crippen molar-refractivity contribution in [3.8, 4) is 16.9 Å². The molecule has 2 aromatic heterocycles. The van der Waals surface area contributed by atoms with Crippen LogP contribution in [0.25, 0.3) is 23.0 Å². The van der Waals surface area contributed by atoms with E-state index in [4.69, 9.17) is 11.6 Å². The fraction of sp³-hybridized carbons (Fsp3) is 0.222. The lowest BCUT2D eigenvalue weighted by atomic mass is 10.1. The second-order valence-electron chi connectivity index (χ2n) is 9.25. The lowest BCUT2D eigenvalue weighted by molar-refractivity contribution is -0.119. The van der Waals surface area contributed by atoms with Gasteiger partial charge in [-0.05, 0) is 59.8 Å². The molecule has 2 heterocycles. The smallest absolute Gasteiger partial charge is 0.411 e. The van der Waals surface area contributed by atoms with E-state index in [1.807, 2.05) is 0 Å². The number of halogens is 1. The Hall–Kier alpha value is -5.12. The van der Waals surface area contributed by atoms with Crippen LogP contribution in [0, 0.1) is 0 Å². The molecule has 0 aliphatic heterocycles. The fourth-order valence-electron chi connectivity index (χ4n) is 4.05. The van der Waals surface area contributed by atoms with Crippen molar-refractivity contribution >= 4 is 47.0 Å². The Morgan fingerprint density at radius 3 is 2.60 bits per heavy atom. The third-order valence-corrected chi connectivity index (χ3v) is 6.31. The first kappa shape index (κ1) is 30.8. The molecule has 3 atom stereocenters. The number of rotatable bonds is 10. The number of aromatic amines is 1. The summed E-state index contributed by atoms with van der Waals surface area (Å²) in [6, 6.07) is 8.56. The average molecular weight is 610 g/mol. The number of amides is 3. The summed E-state index contributed by atoms with van der Waals surface area (Å²) in [5.41, 5.74) is 2.73. The summed E-state index contributed by atoms with van der Waals surface area (Å²) in [6.45, 7) is 2.70. The van der Waals surface area contributed by atoms with E-state index >= 15 is 0 Å². The van der Waals surface area contributed by atoms with Crippen molar-refractivity contribution in [1.29, 1.82) is 0 Å². The molecule has 3 amide bonds. The van der Waals surface area contributed by atoms with Gasteiger partial charge in [-0.2, -0.15) is 4.68 Å². The molecular weight excluding hydrogens is 582 g/mol. The van der Waals surface area contributed by atoms with Crippen LogP contribution in [0.3, 0.4) is 0 Å². The molecule has 2 aromatic carbocycles. The topological polar surface area (TPSA) is 209 Å². The normalized spacial score (nSPS) is 13.3. The second-order valence-corrected chi connectivity index (χ2v) is 9.69. The van der Waals surface area contributed by atoms with E-state index in [-0.39, 0.29) is 11.7 Å². The first-order valence-corrected chi connectivity index (χ1v) is 13.1. The number of nitrogens with one attached hydrogen (secondary N) is 4. The van der Waals surface area contributed by atoms with Gasteiger partial charge in [0, 0.05) is 34.8 Å². The van der Waals surface area contributed by atoms with Crippen LogP contribution >= 0.6 is 11.6 Å². The van der Waals surface area contributed by atoms with Crippen molar-refractivity contribution in [2.45, 2.75) is 32.1 Å². The quantitative estimate of drug-likeness (QED) is 0.145. The molecule has 43 heavy (non-hydrogen) atoms. The Kier molecular flexibility index (Phi) is 9.82. The van der Waals surface area contributed by atoms with Crippen LogP contribution in [0.15, 0.2) is 55.0 Å². The van der Waals surface area contributed by atoms with Gasteiger partial charge in [0.15, 0.2) is 0 Å². The molecular formula is C27H28ClN9O6. The summed E-state index contributed by atoms with van der Waals surface area (Å²) < 4.78 is 6.02. The summed E-state index contributed by atoms with van der Waals surface area (Å²) in [5, 5.41) is 40.3. The molecule has 16 heteroatoms. The number of carbonyl (C=O) groups excluding carboxylic acids is 3. The van der Waals surface area contributed by atoms with E-state index in [0.717, 1.165) is 0 Å². The minimum absolute atomic E-state index is 0.132. The van der Waals surface area contributed by atoms with Crippen LogP contribution < -0.4 is 16.0 Å². The number of aliphatic hydroxyl groups is 2. The van der Waals surface area contributed by atoms with E-state index in [9.17, 15) is 24.6 Å². The van der Waals surface area contributed by atoms with Gasteiger partial charge in [0.1, 0.15) is 24.3 Å². The Balaban J connectivity index is 1.61. The van der Waals surface area contributed by atoms with Gasteiger partial charge in [-0.15, -0.1) is 5.10 Å². The summed E-state index contributed by atoms with van der Waals surface area (Å²) >= 11 is 6.15. The monoisotopic (exact) mass is 609 g/mol. The van der Waals surface area contributed by atoms with E-state index < -0.39 is 30.3 Å². The number of hydrogen-bond donors (Lipinski definition) is 6. The Morgan fingerprint density at radius 2 is 1.93 bits per heavy atom. The van der Waals surface area contributed by atoms with Gasteiger partial charge in [0.25, 0.3) is 0 Å². The van der Waals surface area contributed by atoms with Crippen molar-refractivity contribution in [3.05, 3.63) is 71.4 Å². The van der Waals surface area contributed by atoms with E-state index in [1.54, 1.807) is 30.3 Å². The number of imidazole rings is 1. The molecule has 4 rings (SSSR count). The molecule has 4 aromatic rings. The number of carbonyl (C=O) groups is 3. The van der Waals surface area contributed by atoms with Crippen molar-refractivity contribution in [3.63, 3.8) is 0 Å². The molecule has 6 N–H and O–H groups in total. The van der Waals surface area contributed by atoms with Crippen LogP contribution in [0.4, 0.5) is 16.2 Å². The zero-order valence-electron chi connectivity index (χ0n) is 23.1. The molecule has 0 aliphatic carbocycles. The summed E-state index contributed by atoms with van der Waals surface area (Å²) in [5.74, 6) is -0.837. The Morgan fingerprint density at radius 1 is 1.14 bits per heavy atom. The molecule has 0 aliphatic rings. The number of hydrogen-bond acceptors (Lipinski definition) is 10. The van der Waals surface area contributed by atoms with Crippen molar-refractivity contribution in [2.24, 2.45) is 0 Å². The van der Waals surface area contributed by atoms with Crippen LogP contribution in [-0.4, -0.2) is 77.6 Å². The van der Waals surface area contributed by atoms with Crippen molar-refractivity contribution in [1.82, 2.24) is 35.5 Å². The summed E-state index contributed by atoms with van der Waals surface area (Å²) in [7, 11) is 1.22. The van der Waals surface area contributed by atoms with Gasteiger partial charge in [0.05, 0.1) is 36.5 Å². The molecule has 0 bridgehead atoms. The number of anilines is 2. The van der Waals surface area contributed by atoms with Gasteiger partial charge in [0.2, 0.25) is 11.8 Å². The lowest BCUT2D eigenvalue weighted by Gasteiger charge is -2.24. The molecule has 0 saturated carbocycles. The zero-order valence-corrected chi connectivity index (χ0v) is 23.9. The number of benzene rings is 2. The summed E-state index contributed by atoms with van der Waals surface area (Å²) in [6.07, 6.45) is 2.20. The number of tetrazole rings is 1. The van der Waals surface area contributed by atoms with Crippen molar-refractivity contribution < 1.29 is 29.3 Å². The lowest BCUT2D eigenvalue weighted by Crippen LogP contribution is -2.41. The molecule has 15 nitrogen and oxygen atoms in total. The number of aliphatic hydroxyl groups excluding tert-OH is 2. The highest BCUT2D eigenvalue weighted by Gasteiger charge is 2.29. The predicted molar refractivity (Wildman–Crippen MR) is 156 cm³/mol. The first-order chi connectivity index (χ1) is 20.5. The third kappa shape index (κ3) is 7.79. The standard InChI is InChI=1S/C27H28ClN9O6/c1-14(38)25(41)24(34-23(40)9-4-16-10-17(28)5-8-22(16)37-13-30-35-36-37)26-29-12-21(33-26)19-7-6-18(32-27(42)43-3)11-20(19)31-15(2)39/h4-14,24-25,38,41H,1-3H3,(H,29,33)(H,31,39)(H,32,42)(H,34,40)/b9-4+. The predicted octanol–water partition coefficient (Wildman–Crippen LogP) is 2.45. The minimum atomic E-state index is -1.44. The molecule has 3 unspecified atom stereocenters. The third-order valence-electron chi connectivity index (χ3n) is 6.08.